The van der Waals surface area contributed by atoms with Crippen molar-refractivity contribution in [1.29, 1.82) is 0 Å². The van der Waals surface area contributed by atoms with Gasteiger partial charge < -0.3 is 10.8 Å². The van der Waals surface area contributed by atoms with Gasteiger partial charge in [0.15, 0.2) is 0 Å². The maximum atomic E-state index is 10.4. The summed E-state index contributed by atoms with van der Waals surface area (Å²) in [6.45, 7) is 4.99. The van der Waals surface area contributed by atoms with Crippen LogP contribution in [-0.4, -0.2) is 17.3 Å². The highest BCUT2D eigenvalue weighted by Crippen LogP contribution is 2.25. The summed E-state index contributed by atoms with van der Waals surface area (Å²) in [5.74, 6) is 0. The highest BCUT2D eigenvalue weighted by atomic mass is 16.3. The van der Waals surface area contributed by atoms with E-state index < -0.39 is 5.60 Å². The van der Waals surface area contributed by atoms with E-state index in [9.17, 15) is 5.11 Å². The zero-order valence-corrected chi connectivity index (χ0v) is 10.6. The van der Waals surface area contributed by atoms with Crippen LogP contribution in [0.4, 0.5) is 0 Å². The van der Waals surface area contributed by atoms with Gasteiger partial charge in [-0.3, -0.25) is 0 Å². The molecule has 2 nitrogen and oxygen atoms in total. The smallest absolute Gasteiger partial charge is 0.0659 e. The predicted octanol–water partition coefficient (Wildman–Crippen LogP) is 3.23. The van der Waals surface area contributed by atoms with Crippen LogP contribution in [0.3, 0.4) is 0 Å². The van der Waals surface area contributed by atoms with E-state index in [-0.39, 0.29) is 0 Å². The molecule has 0 unspecified atom stereocenters. The van der Waals surface area contributed by atoms with Crippen molar-refractivity contribution in [2.75, 3.05) is 6.54 Å². The van der Waals surface area contributed by atoms with Crippen LogP contribution in [0.2, 0.25) is 0 Å². The molecule has 0 radical (unpaired) electrons. The fourth-order valence-corrected chi connectivity index (χ4v) is 2.05. The van der Waals surface area contributed by atoms with Crippen LogP contribution in [0, 0.1) is 0 Å². The lowest BCUT2D eigenvalue weighted by Crippen LogP contribution is -2.31. The zero-order valence-electron chi connectivity index (χ0n) is 10.6. The summed E-state index contributed by atoms with van der Waals surface area (Å²) in [5.41, 5.74) is 5.09. The van der Waals surface area contributed by atoms with Gasteiger partial charge in [-0.15, -0.1) is 0 Å². The Kier molecular flexibility index (Phi) is 9.12. The summed E-state index contributed by atoms with van der Waals surface area (Å²) in [6.07, 6.45) is 9.78. The summed E-state index contributed by atoms with van der Waals surface area (Å²) in [4.78, 5) is 0. The Morgan fingerprint density at radius 3 is 1.67 bits per heavy atom. The maximum absolute atomic E-state index is 10.4. The molecule has 15 heavy (non-hydrogen) atoms. The van der Waals surface area contributed by atoms with Gasteiger partial charge in [-0.05, 0) is 25.8 Å². The molecule has 0 aliphatic rings. The van der Waals surface area contributed by atoms with Crippen LogP contribution in [0.1, 0.15) is 71.6 Å². The average molecular weight is 215 g/mol. The monoisotopic (exact) mass is 215 g/mol. The minimum atomic E-state index is -0.473. The first kappa shape index (κ1) is 14.9. The van der Waals surface area contributed by atoms with Gasteiger partial charge in [0.05, 0.1) is 5.60 Å². The van der Waals surface area contributed by atoms with E-state index in [4.69, 9.17) is 5.73 Å². The van der Waals surface area contributed by atoms with Crippen molar-refractivity contribution in [2.45, 2.75) is 77.2 Å². The summed E-state index contributed by atoms with van der Waals surface area (Å²) >= 11 is 0. The predicted molar refractivity (Wildman–Crippen MR) is 66.9 cm³/mol. The van der Waals surface area contributed by atoms with Gasteiger partial charge >= 0.3 is 0 Å². The molecule has 0 spiro atoms. The average Bonchev–Trinajstić information content (AvgIpc) is 2.19. The van der Waals surface area contributed by atoms with Crippen molar-refractivity contribution in [3.8, 4) is 0 Å². The molecule has 0 saturated heterocycles. The Morgan fingerprint density at radius 2 is 1.33 bits per heavy atom. The Bertz CT molecular complexity index is 126. The number of aliphatic hydroxyl groups is 1. The molecule has 92 valence electrons. The molecule has 0 aliphatic heterocycles. The molecular formula is C13H29NO. The number of hydrogen-bond acceptors (Lipinski definition) is 2. The van der Waals surface area contributed by atoms with Crippen LogP contribution >= 0.6 is 0 Å². The number of unbranched alkanes of at least 4 members (excludes halogenated alkanes) is 4. The van der Waals surface area contributed by atoms with E-state index in [1.807, 2.05) is 0 Å². The molecule has 3 N–H and O–H groups in total. The molecule has 0 heterocycles. The number of nitrogens with two attached hydrogens (primary N) is 1. The summed E-state index contributed by atoms with van der Waals surface area (Å²) < 4.78 is 0. The van der Waals surface area contributed by atoms with E-state index in [1.165, 1.54) is 25.7 Å². The molecule has 0 aromatic carbocycles. The van der Waals surface area contributed by atoms with Gasteiger partial charge in [-0.2, -0.15) is 0 Å². The summed E-state index contributed by atoms with van der Waals surface area (Å²) in [7, 11) is 0. The third-order valence-corrected chi connectivity index (χ3v) is 3.10. The van der Waals surface area contributed by atoms with Crippen LogP contribution < -0.4 is 5.73 Å². The van der Waals surface area contributed by atoms with Gasteiger partial charge in [-0.25, -0.2) is 0 Å². The van der Waals surface area contributed by atoms with Gasteiger partial charge in [-0.1, -0.05) is 52.4 Å². The van der Waals surface area contributed by atoms with Crippen molar-refractivity contribution < 1.29 is 5.11 Å². The van der Waals surface area contributed by atoms with Gasteiger partial charge in [0, 0.05) is 0 Å². The lowest BCUT2D eigenvalue weighted by atomic mass is 9.87. The molecule has 0 rings (SSSR count). The third kappa shape index (κ3) is 7.80. The summed E-state index contributed by atoms with van der Waals surface area (Å²) in [6, 6.07) is 0. The number of rotatable bonds is 10. The van der Waals surface area contributed by atoms with Crippen molar-refractivity contribution in [3.05, 3.63) is 0 Å². The second-order valence-electron chi connectivity index (χ2n) is 4.68. The Labute approximate surface area is 95.3 Å². The van der Waals surface area contributed by atoms with Crippen LogP contribution in [0.15, 0.2) is 0 Å². The number of hydrogen-bond donors (Lipinski definition) is 2. The molecule has 0 aromatic heterocycles. The molecule has 0 aromatic rings. The van der Waals surface area contributed by atoms with Crippen LogP contribution in [0.5, 0.6) is 0 Å². The fraction of sp³-hybridized carbons (Fsp3) is 1.00. The highest BCUT2D eigenvalue weighted by molar-refractivity contribution is 4.78. The Morgan fingerprint density at radius 1 is 0.867 bits per heavy atom. The van der Waals surface area contributed by atoms with Crippen LogP contribution in [0.25, 0.3) is 0 Å². The lowest BCUT2D eigenvalue weighted by Gasteiger charge is -2.27. The minimum Gasteiger partial charge on any atom is -0.390 e. The van der Waals surface area contributed by atoms with E-state index in [1.54, 1.807) is 0 Å². The maximum Gasteiger partial charge on any atom is 0.0659 e. The van der Waals surface area contributed by atoms with E-state index >= 15 is 0 Å². The van der Waals surface area contributed by atoms with Gasteiger partial charge in [0.25, 0.3) is 0 Å². The third-order valence-electron chi connectivity index (χ3n) is 3.10. The first-order valence-corrected chi connectivity index (χ1v) is 6.61. The van der Waals surface area contributed by atoms with Crippen LogP contribution in [-0.2, 0) is 0 Å². The van der Waals surface area contributed by atoms with E-state index in [0.29, 0.717) is 6.54 Å². The molecule has 0 aliphatic carbocycles. The zero-order chi connectivity index (χ0) is 11.6. The van der Waals surface area contributed by atoms with E-state index in [2.05, 4.69) is 13.8 Å². The Balaban J connectivity index is 3.83. The second kappa shape index (κ2) is 9.17. The molecule has 0 saturated carbocycles. The van der Waals surface area contributed by atoms with Crippen molar-refractivity contribution in [1.82, 2.24) is 0 Å². The SMILES string of the molecule is CCCCCC(O)(CCN)CCCCC. The summed E-state index contributed by atoms with van der Waals surface area (Å²) in [5, 5.41) is 10.4. The molecular weight excluding hydrogens is 186 g/mol. The van der Waals surface area contributed by atoms with E-state index in [0.717, 1.165) is 32.1 Å². The Hall–Kier alpha value is -0.0800. The first-order chi connectivity index (χ1) is 7.18. The first-order valence-electron chi connectivity index (χ1n) is 6.61. The normalized spacial score (nSPS) is 12.0. The van der Waals surface area contributed by atoms with Crippen molar-refractivity contribution in [3.63, 3.8) is 0 Å². The van der Waals surface area contributed by atoms with Gasteiger partial charge in [0.1, 0.15) is 0 Å². The lowest BCUT2D eigenvalue weighted by molar-refractivity contribution is 0.0120. The van der Waals surface area contributed by atoms with Gasteiger partial charge in [0.2, 0.25) is 0 Å². The molecule has 2 heteroatoms. The highest BCUT2D eigenvalue weighted by Gasteiger charge is 2.24. The molecule has 0 amide bonds. The fourth-order valence-electron chi connectivity index (χ4n) is 2.05. The largest absolute Gasteiger partial charge is 0.390 e. The quantitative estimate of drug-likeness (QED) is 0.550. The molecule has 0 atom stereocenters. The molecule has 0 bridgehead atoms. The van der Waals surface area contributed by atoms with Crippen molar-refractivity contribution in [2.24, 2.45) is 5.73 Å². The standard InChI is InChI=1S/C13H29NO/c1-3-5-7-9-13(15,11-12-14)10-8-6-4-2/h15H,3-12,14H2,1-2H3. The topological polar surface area (TPSA) is 46.2 Å². The molecule has 0 fully saturated rings. The second-order valence-corrected chi connectivity index (χ2v) is 4.68. The van der Waals surface area contributed by atoms with Crippen molar-refractivity contribution >= 4 is 0 Å². The minimum absolute atomic E-state index is 0.473.